The van der Waals surface area contributed by atoms with Crippen LogP contribution >= 0.6 is 27.3 Å². The van der Waals surface area contributed by atoms with Gasteiger partial charge in [-0.25, -0.2) is 8.42 Å². The van der Waals surface area contributed by atoms with Crippen molar-refractivity contribution < 1.29 is 17.6 Å². The standard InChI is InChI=1S/C18H17BrN2O4S2/c1-12-3-5-13(6-4-12)20-27(23,24)15-9-10-26-17(15)18(22)21(2)11-14-7-8-16(19)25-14/h3-10,20H,11H2,1-2H3. The third-order valence-corrected chi connectivity index (χ3v) is 6.67. The molecule has 0 unspecified atom stereocenters. The monoisotopic (exact) mass is 468 g/mol. The predicted octanol–water partition coefficient (Wildman–Crippen LogP) is 4.49. The van der Waals surface area contributed by atoms with Crippen molar-refractivity contribution in [1.82, 2.24) is 4.90 Å². The van der Waals surface area contributed by atoms with E-state index < -0.39 is 10.0 Å². The predicted molar refractivity (Wildman–Crippen MR) is 109 cm³/mol. The van der Waals surface area contributed by atoms with Crippen LogP contribution in [0.2, 0.25) is 0 Å². The first-order chi connectivity index (χ1) is 12.8. The summed E-state index contributed by atoms with van der Waals surface area (Å²) in [6.45, 7) is 2.15. The van der Waals surface area contributed by atoms with E-state index in [2.05, 4.69) is 20.7 Å². The van der Waals surface area contributed by atoms with Crippen molar-refractivity contribution in [3.63, 3.8) is 0 Å². The zero-order chi connectivity index (χ0) is 19.6. The third kappa shape index (κ3) is 4.60. The largest absolute Gasteiger partial charge is 0.452 e. The van der Waals surface area contributed by atoms with Gasteiger partial charge in [0, 0.05) is 12.7 Å². The normalized spacial score (nSPS) is 11.4. The SMILES string of the molecule is Cc1ccc(NS(=O)(=O)c2ccsc2C(=O)N(C)Cc2ccc(Br)o2)cc1. The van der Waals surface area contributed by atoms with Gasteiger partial charge in [0.05, 0.1) is 6.54 Å². The minimum atomic E-state index is -3.88. The van der Waals surface area contributed by atoms with Crippen LogP contribution in [0.25, 0.3) is 0 Å². The van der Waals surface area contributed by atoms with Crippen molar-refractivity contribution in [3.8, 4) is 0 Å². The number of furan rings is 1. The molecule has 0 aliphatic carbocycles. The molecule has 0 spiro atoms. The van der Waals surface area contributed by atoms with Crippen LogP contribution in [0, 0.1) is 6.92 Å². The number of carbonyl (C=O) groups excluding carboxylic acids is 1. The van der Waals surface area contributed by atoms with Gasteiger partial charge in [-0.1, -0.05) is 17.7 Å². The molecule has 0 aliphatic rings. The number of hydrogen-bond acceptors (Lipinski definition) is 5. The maximum absolute atomic E-state index is 12.8. The van der Waals surface area contributed by atoms with E-state index in [9.17, 15) is 13.2 Å². The van der Waals surface area contributed by atoms with Gasteiger partial charge >= 0.3 is 0 Å². The molecule has 0 radical (unpaired) electrons. The van der Waals surface area contributed by atoms with Crippen LogP contribution in [0.3, 0.4) is 0 Å². The molecule has 0 bridgehead atoms. The number of thiophene rings is 1. The third-order valence-electron chi connectivity index (χ3n) is 3.79. The topological polar surface area (TPSA) is 79.6 Å². The molecular weight excluding hydrogens is 452 g/mol. The minimum Gasteiger partial charge on any atom is -0.452 e. The first-order valence-electron chi connectivity index (χ1n) is 7.93. The molecule has 0 saturated heterocycles. The summed E-state index contributed by atoms with van der Waals surface area (Å²) in [6, 6.07) is 11.9. The molecule has 0 aliphatic heterocycles. The Morgan fingerprint density at radius 1 is 1.19 bits per heavy atom. The second-order valence-corrected chi connectivity index (χ2v) is 9.30. The van der Waals surface area contributed by atoms with E-state index in [1.165, 1.54) is 11.0 Å². The summed E-state index contributed by atoms with van der Waals surface area (Å²) in [5.74, 6) is 0.207. The lowest BCUT2D eigenvalue weighted by Gasteiger charge is -2.16. The summed E-state index contributed by atoms with van der Waals surface area (Å²) < 4.78 is 34.0. The number of aryl methyl sites for hydroxylation is 1. The van der Waals surface area contributed by atoms with Crippen LogP contribution in [-0.4, -0.2) is 26.3 Å². The summed E-state index contributed by atoms with van der Waals surface area (Å²) in [7, 11) is -2.28. The first-order valence-corrected chi connectivity index (χ1v) is 11.1. The Labute approximate surface area is 170 Å². The van der Waals surface area contributed by atoms with Gasteiger partial charge in [0.1, 0.15) is 15.5 Å². The lowest BCUT2D eigenvalue weighted by atomic mass is 10.2. The number of hydrogen-bond donors (Lipinski definition) is 1. The Morgan fingerprint density at radius 3 is 2.52 bits per heavy atom. The molecule has 1 aromatic carbocycles. The average Bonchev–Trinajstić information content (AvgIpc) is 3.25. The van der Waals surface area contributed by atoms with Crippen LogP contribution in [0.4, 0.5) is 5.69 Å². The Bertz CT molecular complexity index is 1060. The molecule has 0 atom stereocenters. The van der Waals surface area contributed by atoms with E-state index in [1.54, 1.807) is 36.7 Å². The van der Waals surface area contributed by atoms with Gasteiger partial charge in [-0.15, -0.1) is 11.3 Å². The van der Waals surface area contributed by atoms with Crippen molar-refractivity contribution >= 4 is 48.9 Å². The lowest BCUT2D eigenvalue weighted by molar-refractivity contribution is 0.0776. The summed E-state index contributed by atoms with van der Waals surface area (Å²) >= 11 is 4.31. The minimum absolute atomic E-state index is 0.0365. The molecule has 3 aromatic rings. The molecule has 1 N–H and O–H groups in total. The highest BCUT2D eigenvalue weighted by Gasteiger charge is 2.26. The fourth-order valence-corrected chi connectivity index (χ4v) is 5.23. The highest BCUT2D eigenvalue weighted by atomic mass is 79.9. The highest BCUT2D eigenvalue weighted by Crippen LogP contribution is 2.26. The average molecular weight is 469 g/mol. The van der Waals surface area contributed by atoms with Crippen LogP contribution < -0.4 is 4.72 Å². The summed E-state index contributed by atoms with van der Waals surface area (Å²) in [5.41, 5.74) is 1.47. The first kappa shape index (κ1) is 19.7. The van der Waals surface area contributed by atoms with E-state index in [-0.39, 0.29) is 22.2 Å². The molecule has 9 heteroatoms. The Kier molecular flexibility index (Phi) is 5.73. The second-order valence-electron chi connectivity index (χ2n) is 5.95. The zero-order valence-corrected chi connectivity index (χ0v) is 17.8. The smallest absolute Gasteiger partial charge is 0.265 e. The number of halogens is 1. The van der Waals surface area contributed by atoms with Crippen LogP contribution in [-0.2, 0) is 16.6 Å². The Morgan fingerprint density at radius 2 is 1.89 bits per heavy atom. The van der Waals surface area contributed by atoms with Gasteiger partial charge in [0.25, 0.3) is 15.9 Å². The molecule has 27 heavy (non-hydrogen) atoms. The second kappa shape index (κ2) is 7.87. The van der Waals surface area contributed by atoms with Crippen molar-refractivity contribution in [3.05, 3.63) is 68.7 Å². The van der Waals surface area contributed by atoms with Crippen LogP contribution in [0.15, 0.2) is 61.8 Å². The summed E-state index contributed by atoms with van der Waals surface area (Å²) in [6.07, 6.45) is 0. The van der Waals surface area contributed by atoms with Gasteiger partial charge < -0.3 is 9.32 Å². The number of nitrogens with zero attached hydrogens (tertiary/aromatic N) is 1. The Balaban J connectivity index is 1.81. The fraction of sp³-hybridized carbons (Fsp3) is 0.167. The number of nitrogens with one attached hydrogen (secondary N) is 1. The van der Waals surface area contributed by atoms with Crippen molar-refractivity contribution in [2.24, 2.45) is 0 Å². The summed E-state index contributed by atoms with van der Waals surface area (Å²) in [4.78, 5) is 14.3. The maximum Gasteiger partial charge on any atom is 0.265 e. The number of amides is 1. The van der Waals surface area contributed by atoms with E-state index in [0.29, 0.717) is 16.1 Å². The molecule has 3 rings (SSSR count). The van der Waals surface area contributed by atoms with E-state index >= 15 is 0 Å². The molecule has 0 saturated carbocycles. The molecule has 0 fully saturated rings. The number of sulfonamides is 1. The van der Waals surface area contributed by atoms with Crippen molar-refractivity contribution in [1.29, 1.82) is 0 Å². The Hall–Kier alpha value is -2.10. The van der Waals surface area contributed by atoms with Gasteiger partial charge in [-0.3, -0.25) is 9.52 Å². The number of rotatable bonds is 6. The molecule has 2 aromatic heterocycles. The van der Waals surface area contributed by atoms with Crippen molar-refractivity contribution in [2.45, 2.75) is 18.4 Å². The van der Waals surface area contributed by atoms with Crippen molar-refractivity contribution in [2.75, 3.05) is 11.8 Å². The van der Waals surface area contributed by atoms with E-state index in [4.69, 9.17) is 4.42 Å². The number of carbonyl (C=O) groups is 1. The molecule has 6 nitrogen and oxygen atoms in total. The van der Waals surface area contributed by atoms with E-state index in [1.807, 2.05) is 19.1 Å². The molecule has 142 valence electrons. The number of anilines is 1. The lowest BCUT2D eigenvalue weighted by Crippen LogP contribution is -2.27. The quantitative estimate of drug-likeness (QED) is 0.577. The van der Waals surface area contributed by atoms with Gasteiger partial charge in [0.15, 0.2) is 4.67 Å². The highest BCUT2D eigenvalue weighted by molar-refractivity contribution is 9.10. The van der Waals surface area contributed by atoms with Gasteiger partial charge in [-0.2, -0.15) is 0 Å². The van der Waals surface area contributed by atoms with Gasteiger partial charge in [0.2, 0.25) is 0 Å². The summed E-state index contributed by atoms with van der Waals surface area (Å²) in [5, 5.41) is 1.59. The molecule has 1 amide bonds. The van der Waals surface area contributed by atoms with Gasteiger partial charge in [-0.05, 0) is 58.6 Å². The molecule has 2 heterocycles. The zero-order valence-electron chi connectivity index (χ0n) is 14.6. The fourth-order valence-electron chi connectivity index (χ4n) is 2.41. The van der Waals surface area contributed by atoms with Crippen LogP contribution in [0.1, 0.15) is 21.0 Å². The maximum atomic E-state index is 12.8. The molecular formula is C18H17BrN2O4S2. The number of benzene rings is 1. The van der Waals surface area contributed by atoms with Crippen LogP contribution in [0.5, 0.6) is 0 Å². The van der Waals surface area contributed by atoms with E-state index in [0.717, 1.165) is 16.9 Å².